The fourth-order valence-corrected chi connectivity index (χ4v) is 9.52. The lowest BCUT2D eigenvalue weighted by Crippen LogP contribution is -2.66. The Kier molecular flexibility index (Phi) is 8.72. The number of ether oxygens (including phenoxy) is 4. The molecule has 4 saturated carbocycles. The van der Waals surface area contributed by atoms with E-state index in [1.165, 1.54) is 27.9 Å². The van der Waals surface area contributed by atoms with E-state index in [4.69, 9.17) is 18.9 Å². The Balaban J connectivity index is 1.73. The van der Waals surface area contributed by atoms with Gasteiger partial charge in [-0.15, -0.1) is 0 Å². The summed E-state index contributed by atoms with van der Waals surface area (Å²) in [6, 6.07) is 0. The van der Waals surface area contributed by atoms with Gasteiger partial charge in [-0.05, 0) is 74.0 Å². The number of carbonyl (C=O) groups excluding carboxylic acids is 5. The molecule has 0 heterocycles. The Hall–Kier alpha value is -2.45. The van der Waals surface area contributed by atoms with Crippen LogP contribution in [0.4, 0.5) is 0 Å². The summed E-state index contributed by atoms with van der Waals surface area (Å²) in [4.78, 5) is 62.7. The first kappa shape index (κ1) is 30.5. The Bertz CT molecular complexity index is 1040. The molecule has 0 N–H and O–H groups in total. The molecule has 11 atom stereocenters. The van der Waals surface area contributed by atoms with Crippen molar-refractivity contribution in [3.8, 4) is 0 Å². The first-order valence-corrected chi connectivity index (χ1v) is 14.9. The van der Waals surface area contributed by atoms with E-state index in [-0.39, 0.29) is 76.8 Å². The van der Waals surface area contributed by atoms with Gasteiger partial charge in [0.2, 0.25) is 0 Å². The van der Waals surface area contributed by atoms with Crippen LogP contribution in [0.2, 0.25) is 0 Å². The molecular weight excluding hydrogens is 516 g/mol. The number of hydrogen-bond acceptors (Lipinski definition) is 9. The van der Waals surface area contributed by atoms with Gasteiger partial charge in [0, 0.05) is 44.4 Å². The van der Waals surface area contributed by atoms with Gasteiger partial charge in [0.1, 0.15) is 12.2 Å². The molecule has 4 aliphatic rings. The number of methoxy groups -OCH3 is 1. The van der Waals surface area contributed by atoms with Crippen molar-refractivity contribution < 1.29 is 42.9 Å². The van der Waals surface area contributed by atoms with Crippen LogP contribution in [-0.4, -0.2) is 55.1 Å². The molecule has 0 aromatic carbocycles. The smallest absolute Gasteiger partial charge is 0.305 e. The third-order valence-electron chi connectivity index (χ3n) is 11.3. The van der Waals surface area contributed by atoms with Gasteiger partial charge in [0.25, 0.3) is 0 Å². The number of esters is 4. The van der Waals surface area contributed by atoms with E-state index < -0.39 is 17.5 Å². The molecule has 0 bridgehead atoms. The average molecular weight is 563 g/mol. The summed E-state index contributed by atoms with van der Waals surface area (Å²) >= 11 is 0. The Morgan fingerprint density at radius 2 is 1.52 bits per heavy atom. The van der Waals surface area contributed by atoms with E-state index in [9.17, 15) is 24.0 Å². The molecular formula is C31H46O9. The van der Waals surface area contributed by atoms with Crippen molar-refractivity contribution in [3.63, 3.8) is 0 Å². The van der Waals surface area contributed by atoms with Crippen molar-refractivity contribution in [2.24, 2.45) is 46.3 Å². The molecule has 0 aromatic heterocycles. The predicted octanol–water partition coefficient (Wildman–Crippen LogP) is 4.43. The van der Waals surface area contributed by atoms with Gasteiger partial charge in [-0.3, -0.25) is 24.0 Å². The van der Waals surface area contributed by atoms with E-state index in [0.717, 1.165) is 19.3 Å². The maximum absolute atomic E-state index is 14.4. The lowest BCUT2D eigenvalue weighted by atomic mass is 9.42. The molecule has 0 aromatic rings. The Labute approximate surface area is 237 Å². The van der Waals surface area contributed by atoms with Crippen LogP contribution in [0.3, 0.4) is 0 Å². The van der Waals surface area contributed by atoms with Crippen LogP contribution < -0.4 is 0 Å². The number of rotatable bonds is 7. The summed E-state index contributed by atoms with van der Waals surface area (Å²) < 4.78 is 22.3. The van der Waals surface area contributed by atoms with Gasteiger partial charge in [-0.25, -0.2) is 0 Å². The second-order valence-electron chi connectivity index (χ2n) is 13.3. The van der Waals surface area contributed by atoms with Crippen LogP contribution in [-0.2, 0) is 42.9 Å². The quantitative estimate of drug-likeness (QED) is 0.328. The van der Waals surface area contributed by atoms with E-state index in [2.05, 4.69) is 20.8 Å². The molecule has 0 radical (unpaired) electrons. The highest BCUT2D eigenvalue weighted by atomic mass is 16.6. The minimum Gasteiger partial charge on any atom is -0.469 e. The standard InChI is InChI=1S/C31H46O9/c1-16(8-11-26(35)37-7)21-9-10-22-27-23(15-25(31(21,22)6)39-18(3)33)30(5)13-12-20(38-17(2)32)14-24(30)29(28(27)36)40-19(4)34/h16,20-25,27,29H,8-15H2,1-7H3/t16-,20-,21-,22+,23+,24+,25+,27+,29-,30-,31-/m1/s1. The molecule has 0 amide bonds. The maximum atomic E-state index is 14.4. The zero-order valence-corrected chi connectivity index (χ0v) is 25.0. The van der Waals surface area contributed by atoms with E-state index >= 15 is 0 Å². The van der Waals surface area contributed by atoms with Crippen LogP contribution in [0, 0.1) is 46.3 Å². The third kappa shape index (κ3) is 5.29. The highest BCUT2D eigenvalue weighted by Crippen LogP contribution is 2.68. The summed E-state index contributed by atoms with van der Waals surface area (Å²) in [5.74, 6) is -1.90. The zero-order chi connectivity index (χ0) is 29.6. The second-order valence-corrected chi connectivity index (χ2v) is 13.3. The monoisotopic (exact) mass is 562 g/mol. The lowest BCUT2D eigenvalue weighted by molar-refractivity contribution is -0.216. The molecule has 4 fully saturated rings. The van der Waals surface area contributed by atoms with Gasteiger partial charge >= 0.3 is 23.9 Å². The molecule has 4 rings (SSSR count). The Morgan fingerprint density at radius 1 is 0.875 bits per heavy atom. The average Bonchev–Trinajstić information content (AvgIpc) is 3.23. The maximum Gasteiger partial charge on any atom is 0.305 e. The molecule has 0 unspecified atom stereocenters. The molecule has 0 spiro atoms. The highest BCUT2D eigenvalue weighted by Gasteiger charge is 2.69. The Morgan fingerprint density at radius 3 is 2.12 bits per heavy atom. The first-order valence-electron chi connectivity index (χ1n) is 14.9. The van der Waals surface area contributed by atoms with E-state index in [1.807, 2.05) is 0 Å². The summed E-state index contributed by atoms with van der Waals surface area (Å²) in [5.41, 5.74) is -0.819. The molecule has 9 nitrogen and oxygen atoms in total. The van der Waals surface area contributed by atoms with Gasteiger partial charge in [0.15, 0.2) is 11.9 Å². The van der Waals surface area contributed by atoms with Crippen molar-refractivity contribution in [1.82, 2.24) is 0 Å². The number of hydrogen-bond donors (Lipinski definition) is 0. The van der Waals surface area contributed by atoms with Gasteiger partial charge < -0.3 is 18.9 Å². The van der Waals surface area contributed by atoms with E-state index in [1.54, 1.807) is 0 Å². The number of ketones is 1. The molecule has 224 valence electrons. The topological polar surface area (TPSA) is 122 Å². The largest absolute Gasteiger partial charge is 0.469 e. The number of Topliss-reactive ketones (excluding diaryl/α,β-unsaturated/α-hetero) is 1. The molecule has 40 heavy (non-hydrogen) atoms. The zero-order valence-electron chi connectivity index (χ0n) is 25.0. The second kappa shape index (κ2) is 11.4. The van der Waals surface area contributed by atoms with Crippen molar-refractivity contribution in [1.29, 1.82) is 0 Å². The van der Waals surface area contributed by atoms with Crippen LogP contribution in [0.5, 0.6) is 0 Å². The van der Waals surface area contributed by atoms with Gasteiger partial charge in [0.05, 0.1) is 7.11 Å². The lowest BCUT2D eigenvalue weighted by Gasteiger charge is -2.63. The highest BCUT2D eigenvalue weighted by molar-refractivity contribution is 5.89. The molecule has 9 heteroatoms. The van der Waals surface area contributed by atoms with Crippen LogP contribution in [0.15, 0.2) is 0 Å². The minimum absolute atomic E-state index is 0.0456. The summed E-state index contributed by atoms with van der Waals surface area (Å²) in [7, 11) is 1.39. The van der Waals surface area contributed by atoms with Crippen molar-refractivity contribution >= 4 is 29.7 Å². The number of fused-ring (bicyclic) bond motifs is 5. The molecule has 0 aliphatic heterocycles. The van der Waals surface area contributed by atoms with Crippen LogP contribution >= 0.6 is 0 Å². The fourth-order valence-electron chi connectivity index (χ4n) is 9.52. The summed E-state index contributed by atoms with van der Waals surface area (Å²) in [5, 5.41) is 0. The number of carbonyl (C=O) groups is 5. The molecule has 0 saturated heterocycles. The van der Waals surface area contributed by atoms with Gasteiger partial charge in [-0.2, -0.15) is 0 Å². The van der Waals surface area contributed by atoms with E-state index in [0.29, 0.717) is 32.1 Å². The van der Waals surface area contributed by atoms with Crippen LogP contribution in [0.25, 0.3) is 0 Å². The predicted molar refractivity (Wildman–Crippen MR) is 143 cm³/mol. The van der Waals surface area contributed by atoms with Crippen LogP contribution in [0.1, 0.15) is 92.9 Å². The first-order chi connectivity index (χ1) is 18.7. The van der Waals surface area contributed by atoms with Crippen molar-refractivity contribution in [3.05, 3.63) is 0 Å². The third-order valence-corrected chi connectivity index (χ3v) is 11.3. The van der Waals surface area contributed by atoms with Gasteiger partial charge in [-0.1, -0.05) is 20.8 Å². The normalized spacial score (nSPS) is 41.0. The van der Waals surface area contributed by atoms with Crippen molar-refractivity contribution in [2.75, 3.05) is 7.11 Å². The van der Waals surface area contributed by atoms with Crippen molar-refractivity contribution in [2.45, 2.75) is 111 Å². The minimum atomic E-state index is -0.896. The molecule has 4 aliphatic carbocycles. The summed E-state index contributed by atoms with van der Waals surface area (Å²) in [6.07, 6.45) is 3.44. The fraction of sp³-hybridized carbons (Fsp3) is 0.839. The SMILES string of the molecule is COC(=O)CC[C@@H](C)[C@H]1CC[C@H]2[C@@H]3C(=O)[C@H](OC(C)=O)[C@@H]4C[C@H](OC(C)=O)CC[C@]4(C)[C@H]3C[C@H](OC(C)=O)[C@]12C. The summed E-state index contributed by atoms with van der Waals surface area (Å²) in [6.45, 7) is 10.6.